The molecular weight excluding hydrogens is 337 g/mol. The highest BCUT2D eigenvalue weighted by Crippen LogP contribution is 2.26. The number of halogens is 1. The Morgan fingerprint density at radius 1 is 1.04 bits per heavy atom. The fraction of sp³-hybridized carbons (Fsp3) is 0.150. The normalized spacial score (nSPS) is 13.0. The van der Waals surface area contributed by atoms with Gasteiger partial charge in [-0.2, -0.15) is 0 Å². The second-order valence-electron chi connectivity index (χ2n) is 5.58. The Kier molecular flexibility index (Phi) is 5.46. The maximum atomic E-state index is 13.0. The molecule has 1 heterocycles. The van der Waals surface area contributed by atoms with Crippen molar-refractivity contribution in [2.75, 3.05) is 0 Å². The van der Waals surface area contributed by atoms with Crippen LogP contribution in [0, 0.1) is 5.82 Å². The average molecular weight is 355 g/mol. The molecule has 1 amide bonds. The maximum Gasteiger partial charge on any atom is 0.261 e. The molecule has 1 N–H and O–H groups in total. The number of ether oxygens (including phenoxy) is 1. The molecule has 0 unspecified atom stereocenters. The highest BCUT2D eigenvalue weighted by molar-refractivity contribution is 7.10. The molecule has 0 saturated heterocycles. The standard InChI is InChI=1S/C20H18FNO2S/c1-14(24-17-11-9-16(21)10-12-17)20(23)22-19(18-8-5-13-25-18)15-6-3-2-4-7-15/h2-14,19H,1H3,(H,22,23)/t14-,19+/m1/s1. The van der Waals surface area contributed by atoms with E-state index in [1.54, 1.807) is 18.3 Å². The second kappa shape index (κ2) is 7.94. The minimum Gasteiger partial charge on any atom is -0.481 e. The number of hydrogen-bond acceptors (Lipinski definition) is 3. The van der Waals surface area contributed by atoms with Gasteiger partial charge in [-0.25, -0.2) is 4.39 Å². The van der Waals surface area contributed by atoms with Crippen molar-refractivity contribution in [2.45, 2.75) is 19.1 Å². The smallest absolute Gasteiger partial charge is 0.261 e. The van der Waals surface area contributed by atoms with Crippen molar-refractivity contribution in [2.24, 2.45) is 0 Å². The molecule has 0 aliphatic heterocycles. The van der Waals surface area contributed by atoms with Crippen LogP contribution in [0.1, 0.15) is 23.4 Å². The number of hydrogen-bond donors (Lipinski definition) is 1. The van der Waals surface area contributed by atoms with Crippen LogP contribution in [-0.4, -0.2) is 12.0 Å². The molecular formula is C20H18FNO2S. The number of thiophene rings is 1. The van der Waals surface area contributed by atoms with E-state index in [0.29, 0.717) is 5.75 Å². The van der Waals surface area contributed by atoms with Gasteiger partial charge in [-0.3, -0.25) is 4.79 Å². The third-order valence-corrected chi connectivity index (χ3v) is 4.68. The number of carbonyl (C=O) groups is 1. The largest absolute Gasteiger partial charge is 0.481 e. The second-order valence-corrected chi connectivity index (χ2v) is 6.56. The van der Waals surface area contributed by atoms with Crippen LogP contribution in [0.3, 0.4) is 0 Å². The van der Waals surface area contributed by atoms with Gasteiger partial charge in [0, 0.05) is 4.88 Å². The minimum absolute atomic E-state index is 0.229. The van der Waals surface area contributed by atoms with Crippen molar-refractivity contribution in [1.29, 1.82) is 0 Å². The van der Waals surface area contributed by atoms with Crippen molar-refractivity contribution < 1.29 is 13.9 Å². The van der Waals surface area contributed by atoms with E-state index >= 15 is 0 Å². The molecule has 0 saturated carbocycles. The van der Waals surface area contributed by atoms with Gasteiger partial charge in [0.25, 0.3) is 5.91 Å². The van der Waals surface area contributed by atoms with Gasteiger partial charge in [-0.15, -0.1) is 11.3 Å². The summed E-state index contributed by atoms with van der Waals surface area (Å²) < 4.78 is 18.6. The number of amides is 1. The first-order chi connectivity index (χ1) is 12.1. The van der Waals surface area contributed by atoms with E-state index in [0.717, 1.165) is 10.4 Å². The van der Waals surface area contributed by atoms with Crippen LogP contribution in [0.2, 0.25) is 0 Å². The van der Waals surface area contributed by atoms with E-state index in [9.17, 15) is 9.18 Å². The average Bonchev–Trinajstić information content (AvgIpc) is 3.16. The van der Waals surface area contributed by atoms with E-state index in [4.69, 9.17) is 4.74 Å². The lowest BCUT2D eigenvalue weighted by molar-refractivity contribution is -0.127. The Labute approximate surface area is 150 Å². The summed E-state index contributed by atoms with van der Waals surface area (Å²) >= 11 is 1.59. The summed E-state index contributed by atoms with van der Waals surface area (Å²) in [6, 6.07) is 19.1. The fourth-order valence-corrected chi connectivity index (χ4v) is 3.25. The van der Waals surface area contributed by atoms with Gasteiger partial charge in [0.2, 0.25) is 0 Å². The first-order valence-electron chi connectivity index (χ1n) is 7.94. The lowest BCUT2D eigenvalue weighted by atomic mass is 10.1. The monoisotopic (exact) mass is 355 g/mol. The molecule has 3 aromatic rings. The number of carbonyl (C=O) groups excluding carboxylic acids is 1. The molecule has 0 aliphatic carbocycles. The van der Waals surface area contributed by atoms with E-state index in [-0.39, 0.29) is 17.8 Å². The molecule has 0 spiro atoms. The van der Waals surface area contributed by atoms with Gasteiger partial charge in [0.15, 0.2) is 6.10 Å². The van der Waals surface area contributed by atoms with Gasteiger partial charge in [-0.05, 0) is 48.2 Å². The van der Waals surface area contributed by atoms with E-state index in [1.165, 1.54) is 24.3 Å². The zero-order valence-corrected chi connectivity index (χ0v) is 14.5. The topological polar surface area (TPSA) is 38.3 Å². The number of nitrogens with one attached hydrogen (secondary N) is 1. The Morgan fingerprint density at radius 2 is 1.76 bits per heavy atom. The predicted molar refractivity (Wildman–Crippen MR) is 97.2 cm³/mol. The van der Waals surface area contributed by atoms with E-state index < -0.39 is 6.10 Å². The molecule has 3 nitrogen and oxygen atoms in total. The minimum atomic E-state index is -0.698. The van der Waals surface area contributed by atoms with Crippen molar-refractivity contribution in [3.8, 4) is 5.75 Å². The molecule has 25 heavy (non-hydrogen) atoms. The van der Waals surface area contributed by atoms with Crippen molar-refractivity contribution >= 4 is 17.2 Å². The Bertz CT molecular complexity index is 803. The third-order valence-electron chi connectivity index (χ3n) is 3.74. The van der Waals surface area contributed by atoms with Crippen LogP contribution in [0.15, 0.2) is 72.1 Å². The lowest BCUT2D eigenvalue weighted by Crippen LogP contribution is -2.38. The van der Waals surface area contributed by atoms with Crippen molar-refractivity contribution in [3.63, 3.8) is 0 Å². The lowest BCUT2D eigenvalue weighted by Gasteiger charge is -2.21. The molecule has 0 radical (unpaired) electrons. The van der Waals surface area contributed by atoms with Gasteiger partial charge in [0.05, 0.1) is 6.04 Å². The molecule has 2 aromatic carbocycles. The van der Waals surface area contributed by atoms with Crippen molar-refractivity contribution in [1.82, 2.24) is 5.32 Å². The Hall–Kier alpha value is -2.66. The van der Waals surface area contributed by atoms with Crippen LogP contribution >= 0.6 is 11.3 Å². The van der Waals surface area contributed by atoms with Gasteiger partial charge >= 0.3 is 0 Å². The van der Waals surface area contributed by atoms with Crippen LogP contribution < -0.4 is 10.1 Å². The summed E-state index contributed by atoms with van der Waals surface area (Å²) in [5.41, 5.74) is 1.01. The van der Waals surface area contributed by atoms with E-state index in [2.05, 4.69) is 5.32 Å². The summed E-state index contributed by atoms with van der Waals surface area (Å²) in [5, 5.41) is 5.02. The quantitative estimate of drug-likeness (QED) is 0.704. The highest BCUT2D eigenvalue weighted by Gasteiger charge is 2.22. The zero-order chi connectivity index (χ0) is 17.6. The molecule has 3 rings (SSSR count). The summed E-state index contributed by atoms with van der Waals surface area (Å²) in [6.45, 7) is 1.68. The predicted octanol–water partition coefficient (Wildman–Crippen LogP) is 4.56. The fourth-order valence-electron chi connectivity index (χ4n) is 2.45. The Morgan fingerprint density at radius 3 is 2.40 bits per heavy atom. The molecule has 128 valence electrons. The molecule has 0 fully saturated rings. The van der Waals surface area contributed by atoms with Crippen LogP contribution in [0.4, 0.5) is 4.39 Å². The summed E-state index contributed by atoms with van der Waals surface area (Å²) in [4.78, 5) is 13.6. The van der Waals surface area contributed by atoms with Crippen LogP contribution in [0.5, 0.6) is 5.75 Å². The van der Waals surface area contributed by atoms with Crippen molar-refractivity contribution in [3.05, 3.63) is 88.4 Å². The number of rotatable bonds is 6. The van der Waals surface area contributed by atoms with Gasteiger partial charge in [0.1, 0.15) is 11.6 Å². The molecule has 0 bridgehead atoms. The summed E-state index contributed by atoms with van der Waals surface area (Å²) in [6.07, 6.45) is -0.698. The SMILES string of the molecule is C[C@@H](Oc1ccc(F)cc1)C(=O)N[C@@H](c1ccccc1)c1cccs1. The van der Waals surface area contributed by atoms with Crippen LogP contribution in [-0.2, 0) is 4.79 Å². The highest BCUT2D eigenvalue weighted by atomic mass is 32.1. The molecule has 5 heteroatoms. The zero-order valence-electron chi connectivity index (χ0n) is 13.7. The molecule has 0 aliphatic rings. The summed E-state index contributed by atoms with van der Waals surface area (Å²) in [5.74, 6) is -0.116. The van der Waals surface area contributed by atoms with Gasteiger partial charge in [-0.1, -0.05) is 36.4 Å². The molecule has 1 aromatic heterocycles. The Balaban J connectivity index is 1.73. The van der Waals surface area contributed by atoms with Crippen LogP contribution in [0.25, 0.3) is 0 Å². The first kappa shape index (κ1) is 17.2. The third kappa shape index (κ3) is 4.45. The summed E-state index contributed by atoms with van der Waals surface area (Å²) in [7, 11) is 0. The molecule has 2 atom stereocenters. The maximum absolute atomic E-state index is 13.0. The van der Waals surface area contributed by atoms with E-state index in [1.807, 2.05) is 47.8 Å². The first-order valence-corrected chi connectivity index (χ1v) is 8.82. The number of benzene rings is 2. The van der Waals surface area contributed by atoms with Gasteiger partial charge < -0.3 is 10.1 Å².